The van der Waals surface area contributed by atoms with Gasteiger partial charge in [0.15, 0.2) is 0 Å². The van der Waals surface area contributed by atoms with E-state index >= 15 is 0 Å². The van der Waals surface area contributed by atoms with Gasteiger partial charge in [0, 0.05) is 25.2 Å². The van der Waals surface area contributed by atoms with Crippen LogP contribution in [-0.2, 0) is 11.2 Å². The van der Waals surface area contributed by atoms with Crippen LogP contribution in [0.15, 0.2) is 24.3 Å². The van der Waals surface area contributed by atoms with Gasteiger partial charge >= 0.3 is 6.03 Å². The van der Waals surface area contributed by atoms with Crippen LogP contribution in [0.3, 0.4) is 0 Å². The molecule has 2 rings (SSSR count). The molecule has 6 heteroatoms. The average molecular weight is 321 g/mol. The lowest BCUT2D eigenvalue weighted by Gasteiger charge is -2.31. The van der Waals surface area contributed by atoms with Crippen molar-refractivity contribution < 1.29 is 14.0 Å². The first-order valence-corrected chi connectivity index (χ1v) is 8.07. The molecule has 0 saturated carbocycles. The second-order valence-electron chi connectivity index (χ2n) is 5.99. The van der Waals surface area contributed by atoms with Gasteiger partial charge < -0.3 is 16.0 Å². The van der Waals surface area contributed by atoms with Gasteiger partial charge in [-0.1, -0.05) is 12.1 Å². The van der Waals surface area contributed by atoms with Crippen molar-refractivity contribution in [2.75, 3.05) is 25.1 Å². The van der Waals surface area contributed by atoms with Gasteiger partial charge in [-0.15, -0.1) is 0 Å². The molecular weight excluding hydrogens is 297 g/mol. The molecule has 23 heavy (non-hydrogen) atoms. The fraction of sp³-hybridized carbons (Fsp3) is 0.529. The van der Waals surface area contributed by atoms with Crippen LogP contribution in [0.2, 0.25) is 0 Å². The standard InChI is InChI=1S/C17H24FN3O2/c18-10-7-14-8-11-21(12-9-14)16(22)6-3-13-1-4-15(5-2-13)20-17(19)23/h1-2,4-5,14H,3,6-12H2,(H3,19,20,23). The van der Waals surface area contributed by atoms with Gasteiger partial charge in [-0.3, -0.25) is 9.18 Å². The fourth-order valence-electron chi connectivity index (χ4n) is 2.93. The first kappa shape index (κ1) is 17.2. The van der Waals surface area contributed by atoms with Crippen LogP contribution < -0.4 is 11.1 Å². The van der Waals surface area contributed by atoms with Crippen molar-refractivity contribution in [2.45, 2.75) is 32.1 Å². The summed E-state index contributed by atoms with van der Waals surface area (Å²) in [6.07, 6.45) is 3.57. The maximum atomic E-state index is 12.3. The van der Waals surface area contributed by atoms with E-state index < -0.39 is 6.03 Å². The molecule has 1 aliphatic heterocycles. The van der Waals surface area contributed by atoms with Crippen LogP contribution in [0.4, 0.5) is 14.9 Å². The molecule has 1 aromatic rings. The van der Waals surface area contributed by atoms with Crippen LogP contribution in [-0.4, -0.2) is 36.6 Å². The lowest BCUT2D eigenvalue weighted by atomic mass is 9.94. The van der Waals surface area contributed by atoms with Crippen molar-refractivity contribution in [1.82, 2.24) is 4.90 Å². The van der Waals surface area contributed by atoms with Crippen molar-refractivity contribution in [3.63, 3.8) is 0 Å². The Bertz CT molecular complexity index is 525. The summed E-state index contributed by atoms with van der Waals surface area (Å²) in [4.78, 5) is 24.9. The predicted molar refractivity (Wildman–Crippen MR) is 87.9 cm³/mol. The van der Waals surface area contributed by atoms with Gasteiger partial charge in [0.1, 0.15) is 0 Å². The number of nitrogens with two attached hydrogens (primary N) is 1. The summed E-state index contributed by atoms with van der Waals surface area (Å²) in [5.41, 5.74) is 6.73. The highest BCUT2D eigenvalue weighted by Crippen LogP contribution is 2.21. The number of urea groups is 1. The monoisotopic (exact) mass is 321 g/mol. The molecule has 1 heterocycles. The average Bonchev–Trinajstić information content (AvgIpc) is 2.54. The number of benzene rings is 1. The van der Waals surface area contributed by atoms with Crippen LogP contribution in [0.25, 0.3) is 0 Å². The predicted octanol–water partition coefficient (Wildman–Crippen LogP) is 2.71. The highest BCUT2D eigenvalue weighted by atomic mass is 19.1. The third-order valence-electron chi connectivity index (χ3n) is 4.33. The van der Waals surface area contributed by atoms with Gasteiger partial charge in [0.05, 0.1) is 6.67 Å². The second-order valence-corrected chi connectivity index (χ2v) is 5.99. The van der Waals surface area contributed by atoms with E-state index in [4.69, 9.17) is 5.73 Å². The van der Waals surface area contributed by atoms with Crippen LogP contribution in [0, 0.1) is 5.92 Å². The van der Waals surface area contributed by atoms with Crippen molar-refractivity contribution in [3.8, 4) is 0 Å². The lowest BCUT2D eigenvalue weighted by molar-refractivity contribution is -0.132. The summed E-state index contributed by atoms with van der Waals surface area (Å²) in [6.45, 7) is 1.22. The maximum absolute atomic E-state index is 12.3. The van der Waals surface area contributed by atoms with E-state index in [2.05, 4.69) is 5.32 Å². The Morgan fingerprint density at radius 3 is 2.43 bits per heavy atom. The van der Waals surface area contributed by atoms with E-state index in [-0.39, 0.29) is 12.6 Å². The molecule has 126 valence electrons. The van der Waals surface area contributed by atoms with Crippen molar-refractivity contribution in [3.05, 3.63) is 29.8 Å². The Morgan fingerprint density at radius 1 is 1.22 bits per heavy atom. The fourth-order valence-corrected chi connectivity index (χ4v) is 2.93. The van der Waals surface area contributed by atoms with Gasteiger partial charge in [-0.05, 0) is 49.3 Å². The molecule has 5 nitrogen and oxygen atoms in total. The number of hydrogen-bond acceptors (Lipinski definition) is 2. The molecule has 0 atom stereocenters. The van der Waals surface area contributed by atoms with Crippen LogP contribution in [0.1, 0.15) is 31.2 Å². The first-order chi connectivity index (χ1) is 11.1. The number of halogens is 1. The molecule has 1 fully saturated rings. The zero-order chi connectivity index (χ0) is 16.7. The number of primary amides is 1. The molecular formula is C17H24FN3O2. The molecule has 0 unspecified atom stereocenters. The zero-order valence-corrected chi connectivity index (χ0v) is 13.3. The van der Waals surface area contributed by atoms with Gasteiger partial charge in [-0.25, -0.2) is 4.79 Å². The van der Waals surface area contributed by atoms with E-state index in [1.807, 2.05) is 17.0 Å². The molecule has 0 bridgehead atoms. The summed E-state index contributed by atoms with van der Waals surface area (Å²) >= 11 is 0. The number of anilines is 1. The Kier molecular flexibility index (Phi) is 6.38. The normalized spacial score (nSPS) is 15.4. The molecule has 0 aromatic heterocycles. The van der Waals surface area contributed by atoms with Gasteiger partial charge in [0.2, 0.25) is 5.91 Å². The number of amides is 3. The zero-order valence-electron chi connectivity index (χ0n) is 13.3. The first-order valence-electron chi connectivity index (χ1n) is 8.07. The summed E-state index contributed by atoms with van der Waals surface area (Å²) in [5.74, 6) is 0.581. The number of nitrogens with one attached hydrogen (secondary N) is 1. The summed E-state index contributed by atoms with van der Waals surface area (Å²) < 4.78 is 12.3. The summed E-state index contributed by atoms with van der Waals surface area (Å²) in [5, 5.41) is 2.50. The van der Waals surface area contributed by atoms with Crippen molar-refractivity contribution >= 4 is 17.6 Å². The minimum absolute atomic E-state index is 0.156. The Balaban J connectivity index is 1.75. The Morgan fingerprint density at radius 2 is 1.87 bits per heavy atom. The van der Waals surface area contributed by atoms with Crippen LogP contribution in [0.5, 0.6) is 0 Å². The summed E-state index contributed by atoms with van der Waals surface area (Å²) in [6, 6.07) is 6.71. The second kappa shape index (κ2) is 8.50. The molecule has 0 aliphatic carbocycles. The topological polar surface area (TPSA) is 75.4 Å². The number of carbonyl (C=O) groups excluding carboxylic acids is 2. The molecule has 0 spiro atoms. The van der Waals surface area contributed by atoms with Crippen LogP contribution >= 0.6 is 0 Å². The van der Waals surface area contributed by atoms with Gasteiger partial charge in [0.25, 0.3) is 0 Å². The number of aryl methyl sites for hydroxylation is 1. The number of nitrogens with zero attached hydrogens (tertiary/aromatic N) is 1. The Labute approximate surface area is 136 Å². The van der Waals surface area contributed by atoms with Crippen molar-refractivity contribution in [1.29, 1.82) is 0 Å². The third-order valence-corrected chi connectivity index (χ3v) is 4.33. The molecule has 1 saturated heterocycles. The number of alkyl halides is 1. The lowest BCUT2D eigenvalue weighted by Crippen LogP contribution is -2.38. The molecule has 1 aromatic carbocycles. The SMILES string of the molecule is NC(=O)Nc1ccc(CCC(=O)N2CCC(CCF)CC2)cc1. The number of piperidine rings is 1. The molecule has 1 aliphatic rings. The minimum atomic E-state index is -0.593. The molecule has 3 amide bonds. The number of rotatable bonds is 6. The van der Waals surface area contributed by atoms with E-state index in [0.29, 0.717) is 30.9 Å². The third kappa shape index (κ3) is 5.54. The maximum Gasteiger partial charge on any atom is 0.316 e. The Hall–Kier alpha value is -2.11. The smallest absolute Gasteiger partial charge is 0.316 e. The van der Waals surface area contributed by atoms with E-state index in [9.17, 15) is 14.0 Å². The molecule has 0 radical (unpaired) electrons. The number of likely N-dealkylation sites (tertiary alicyclic amines) is 1. The molecule has 3 N–H and O–H groups in total. The quantitative estimate of drug-likeness (QED) is 0.845. The van der Waals surface area contributed by atoms with Crippen molar-refractivity contribution in [2.24, 2.45) is 11.7 Å². The highest BCUT2D eigenvalue weighted by molar-refractivity contribution is 5.87. The van der Waals surface area contributed by atoms with E-state index in [0.717, 1.165) is 31.5 Å². The largest absolute Gasteiger partial charge is 0.351 e. The van der Waals surface area contributed by atoms with E-state index in [1.165, 1.54) is 0 Å². The number of carbonyl (C=O) groups is 2. The summed E-state index contributed by atoms with van der Waals surface area (Å²) in [7, 11) is 0. The highest BCUT2D eigenvalue weighted by Gasteiger charge is 2.22. The van der Waals surface area contributed by atoms with Gasteiger partial charge in [-0.2, -0.15) is 0 Å². The van der Waals surface area contributed by atoms with E-state index in [1.54, 1.807) is 12.1 Å². The minimum Gasteiger partial charge on any atom is -0.351 e. The number of hydrogen-bond donors (Lipinski definition) is 2.